The van der Waals surface area contributed by atoms with Gasteiger partial charge in [-0.3, -0.25) is 29.0 Å². The molecule has 0 bridgehead atoms. The minimum Gasteiger partial charge on any atom is -0.495 e. The van der Waals surface area contributed by atoms with Gasteiger partial charge in [-0.05, 0) is 281 Å². The van der Waals surface area contributed by atoms with Crippen molar-refractivity contribution in [2.75, 3.05) is 158 Å². The van der Waals surface area contributed by atoms with Crippen molar-refractivity contribution in [2.45, 2.75) is 138 Å². The zero-order valence-corrected chi connectivity index (χ0v) is 84.8. The van der Waals surface area contributed by atoms with E-state index in [4.69, 9.17) is 74.8 Å². The molecule has 24 heteroatoms. The van der Waals surface area contributed by atoms with E-state index >= 15 is 0 Å². The first-order chi connectivity index (χ1) is 67.1. The van der Waals surface area contributed by atoms with Crippen molar-refractivity contribution in [1.82, 2.24) is 47.7 Å². The zero-order valence-electron chi connectivity index (χ0n) is 81.8. The van der Waals surface area contributed by atoms with E-state index in [0.29, 0.717) is 25.6 Å². The second kappa shape index (κ2) is 52.2. The van der Waals surface area contributed by atoms with Crippen molar-refractivity contribution < 1.29 is 47.6 Å². The Labute approximate surface area is 835 Å². The third-order valence-electron chi connectivity index (χ3n) is 27.5. The van der Waals surface area contributed by atoms with Crippen LogP contribution in [0.5, 0.6) is 34.5 Å². The van der Waals surface area contributed by atoms with Crippen LogP contribution >= 0.6 is 46.4 Å². The van der Waals surface area contributed by atoms with E-state index in [9.17, 15) is 19.2 Å². The number of benzene rings is 9. The van der Waals surface area contributed by atoms with Gasteiger partial charge in [0.1, 0.15) is 47.7 Å². The molecule has 0 amide bonds. The normalized spacial score (nSPS) is 15.2. The summed E-state index contributed by atoms with van der Waals surface area (Å²) in [6, 6.07) is 64.6. The molecule has 4 aromatic heterocycles. The molecule has 1 unspecified atom stereocenters. The number of methoxy groups -OCH3 is 2. The maximum Gasteiger partial charge on any atom is 0.169 e. The molecule has 4 aliphatic rings. The summed E-state index contributed by atoms with van der Waals surface area (Å²) < 4.78 is 43.7. The molecule has 138 heavy (non-hydrogen) atoms. The highest BCUT2D eigenvalue weighted by Gasteiger charge is 2.27. The fourth-order valence-electron chi connectivity index (χ4n) is 19.9. The molecule has 732 valence electrons. The van der Waals surface area contributed by atoms with E-state index in [0.717, 1.165) is 323 Å². The molecule has 0 radical (unpaired) electrons. The van der Waals surface area contributed by atoms with Crippen molar-refractivity contribution in [3.63, 3.8) is 0 Å². The molecule has 9 aromatic carbocycles. The molecular formula is C114H138Cl4N10O10. The number of carbonyl (C=O) groups excluding carboxylic acids is 4. The van der Waals surface area contributed by atoms with Gasteiger partial charge < -0.3 is 66.3 Å². The molecule has 17 rings (SSSR count). The second-order valence-corrected chi connectivity index (χ2v) is 39.1. The molecule has 0 aliphatic carbocycles. The van der Waals surface area contributed by atoms with Crippen molar-refractivity contribution in [1.29, 1.82) is 0 Å². The molecule has 4 fully saturated rings. The Morgan fingerprint density at radius 1 is 0.348 bits per heavy atom. The number of aryl methyl sites for hydroxylation is 5. The summed E-state index contributed by atoms with van der Waals surface area (Å²) in [4.78, 5) is 64.9. The highest BCUT2D eigenvalue weighted by Crippen LogP contribution is 2.36. The SMILES string of the molecule is CC(=O)c1cn(CCCN2CCN(CCOc3ccc(Cl)cc3)CC2)c2c(C)cccc12.CCc1cccc2c(C(C)=O)cn(CCCN3CCC(CCOc4ccc(Cl)cc4)CC3)c12.COc1cccc2c(C(=O)Cc3ccccc3)cn(CCCN3CCN(CCOc4ccc(Cl)cc4)CC3)c12.COc1cccc2c(C(C)=O)cn(CC(C)CN3CCC(CCOc4ccc(Cl)cc4)CC3)c12. The van der Waals surface area contributed by atoms with Crippen molar-refractivity contribution in [3.05, 3.63) is 284 Å². The Kier molecular flexibility index (Phi) is 39.1. The summed E-state index contributed by atoms with van der Waals surface area (Å²) in [5.74, 6) is 7.56. The number of hydrogen-bond acceptors (Lipinski definition) is 16. The van der Waals surface area contributed by atoms with Gasteiger partial charge >= 0.3 is 0 Å². The van der Waals surface area contributed by atoms with E-state index in [1.165, 1.54) is 47.8 Å². The summed E-state index contributed by atoms with van der Waals surface area (Å²) in [7, 11) is 3.38. The van der Waals surface area contributed by atoms with Crippen LogP contribution in [-0.4, -0.2) is 229 Å². The average molecular weight is 1950 g/mol. The van der Waals surface area contributed by atoms with Crippen LogP contribution in [0, 0.1) is 24.7 Å². The maximum atomic E-state index is 13.3. The molecule has 4 aliphatic heterocycles. The van der Waals surface area contributed by atoms with E-state index < -0.39 is 0 Å². The summed E-state index contributed by atoms with van der Waals surface area (Å²) in [5.41, 5.74) is 11.2. The number of para-hydroxylation sites is 4. The van der Waals surface area contributed by atoms with Crippen molar-refractivity contribution in [3.8, 4) is 34.5 Å². The van der Waals surface area contributed by atoms with Crippen molar-refractivity contribution >= 4 is 113 Å². The van der Waals surface area contributed by atoms with Crippen LogP contribution in [0.2, 0.25) is 20.1 Å². The topological polar surface area (TPSA) is 163 Å². The lowest BCUT2D eigenvalue weighted by molar-refractivity contribution is 0.0989. The van der Waals surface area contributed by atoms with Crippen LogP contribution in [-0.2, 0) is 39.0 Å². The summed E-state index contributed by atoms with van der Waals surface area (Å²) in [6.07, 6.45) is 19.8. The third kappa shape index (κ3) is 29.4. The molecule has 1 atom stereocenters. The lowest BCUT2D eigenvalue weighted by Crippen LogP contribution is -2.47. The van der Waals surface area contributed by atoms with Gasteiger partial charge in [0.25, 0.3) is 0 Å². The minimum absolute atomic E-state index is 0.0896. The first kappa shape index (κ1) is 103. The fourth-order valence-corrected chi connectivity index (χ4v) is 20.4. The highest BCUT2D eigenvalue weighted by molar-refractivity contribution is 6.31. The summed E-state index contributed by atoms with van der Waals surface area (Å²) in [6.45, 7) is 37.3. The van der Waals surface area contributed by atoms with Crippen LogP contribution in [0.25, 0.3) is 43.6 Å². The quantitative estimate of drug-likeness (QED) is 0.0332. The molecule has 8 heterocycles. The predicted molar refractivity (Wildman–Crippen MR) is 564 cm³/mol. The number of piperazine rings is 2. The fraction of sp³-hybridized carbons (Fsp3) is 0.421. The largest absolute Gasteiger partial charge is 0.495 e. The van der Waals surface area contributed by atoms with E-state index in [2.05, 4.69) is 105 Å². The number of fused-ring (bicyclic) bond motifs is 4. The Hall–Kier alpha value is -10.5. The van der Waals surface area contributed by atoms with Crippen molar-refractivity contribution in [2.24, 2.45) is 17.8 Å². The molecule has 13 aromatic rings. The molecule has 0 N–H and O–H groups in total. The second-order valence-electron chi connectivity index (χ2n) is 37.4. The zero-order chi connectivity index (χ0) is 96.8. The molecule has 0 saturated carbocycles. The Balaban J connectivity index is 0.000000147. The first-order valence-electron chi connectivity index (χ1n) is 49.6. The Morgan fingerprint density at radius 3 is 1.11 bits per heavy atom. The lowest BCUT2D eigenvalue weighted by atomic mass is 9.93. The first-order valence-corrected chi connectivity index (χ1v) is 51.1. The Bertz CT molecular complexity index is 6050. The highest BCUT2D eigenvalue weighted by atomic mass is 35.5. The molecule has 0 spiro atoms. The van der Waals surface area contributed by atoms with Gasteiger partial charge in [-0.15, -0.1) is 0 Å². The maximum absolute atomic E-state index is 13.3. The van der Waals surface area contributed by atoms with Gasteiger partial charge in [0, 0.05) is 193 Å². The van der Waals surface area contributed by atoms with Gasteiger partial charge in [0.05, 0.1) is 49.5 Å². The number of carbonyl (C=O) groups is 4. The summed E-state index contributed by atoms with van der Waals surface area (Å²) in [5, 5.41) is 7.04. The smallest absolute Gasteiger partial charge is 0.169 e. The number of halogens is 4. The van der Waals surface area contributed by atoms with Gasteiger partial charge in [0.15, 0.2) is 23.1 Å². The lowest BCUT2D eigenvalue weighted by Gasteiger charge is -2.34. The number of piperidine rings is 2. The van der Waals surface area contributed by atoms with Gasteiger partial charge in [-0.25, -0.2) is 0 Å². The number of ether oxygens (including phenoxy) is 6. The molecule has 4 saturated heterocycles. The molecule has 20 nitrogen and oxygen atoms in total. The van der Waals surface area contributed by atoms with Gasteiger partial charge in [-0.2, -0.15) is 0 Å². The number of nitrogens with zero attached hydrogens (tertiary/aromatic N) is 10. The minimum atomic E-state index is 0.0896. The van der Waals surface area contributed by atoms with Gasteiger partial charge in [0.2, 0.25) is 0 Å². The number of aromatic nitrogens is 4. The standard InChI is InChI=1S/C32H36ClN3O3.C28H35ClN2O3.C28H35ClN2O2.C26H32ClN3O2/c1-38-31-10-5-9-28-29(30(37)23-25-7-3-2-4-8-25)24-36(32(28)31)16-6-15-34-17-19-35(20-18-34)21-22-39-27-13-11-26(33)12-14-27;1-20(18-31-19-26(21(2)32)25-5-4-6-27(33-3)28(25)31)17-30-14-11-22(12-15-30)13-16-34-24-9-7-23(29)8-10-24;1-3-23-6-4-7-26-27(21(2)32)20-31(28(23)26)16-5-15-30-17-12-22(13-18-30)14-19-33-25-10-8-24(29)9-11-25;1-20-5-3-6-24-25(21(2)31)19-30(26(20)24)12-4-11-28-13-15-29(16-14-28)17-18-32-23-9-7-22(27)8-10-23/h2-5,7-14,24H,6,15-23H2,1H3;4-10,19-20,22H,11-18H2,1-3H3;4,6-11,20,22H,3,5,12-19H2,1-2H3;3,5-10,19H,4,11-18H2,1-2H3. The number of likely N-dealkylation sites (tertiary alicyclic amines) is 2. The van der Waals surface area contributed by atoms with Crippen LogP contribution in [0.15, 0.2) is 225 Å². The van der Waals surface area contributed by atoms with Crippen LogP contribution in [0.3, 0.4) is 0 Å². The van der Waals surface area contributed by atoms with E-state index in [-0.39, 0.29) is 23.1 Å². The number of Topliss-reactive ketones (excluding diaryl/α,β-unsaturated/α-hetero) is 4. The van der Waals surface area contributed by atoms with Crippen LogP contribution in [0.4, 0.5) is 0 Å². The number of rotatable bonds is 41. The van der Waals surface area contributed by atoms with Crippen LogP contribution in [0.1, 0.15) is 151 Å². The number of hydrogen-bond donors (Lipinski definition) is 0. The monoisotopic (exact) mass is 1950 g/mol. The Morgan fingerprint density at radius 2 is 0.688 bits per heavy atom. The summed E-state index contributed by atoms with van der Waals surface area (Å²) >= 11 is 23.7. The third-order valence-corrected chi connectivity index (χ3v) is 28.5. The van der Waals surface area contributed by atoms with Crippen LogP contribution < -0.4 is 28.4 Å². The number of ketones is 4. The predicted octanol–water partition coefficient (Wildman–Crippen LogP) is 23.7. The van der Waals surface area contributed by atoms with E-state index in [1.807, 2.05) is 188 Å². The average Bonchev–Trinajstić information content (AvgIpc) is 1.63. The van der Waals surface area contributed by atoms with E-state index in [1.54, 1.807) is 35.0 Å². The van der Waals surface area contributed by atoms with Gasteiger partial charge in [-0.1, -0.05) is 151 Å². The molecular weight excluding hydrogens is 1810 g/mol.